The Hall–Kier alpha value is -6.90. The van der Waals surface area contributed by atoms with Gasteiger partial charge in [0, 0.05) is 44.6 Å². The molecule has 2 nitrogen and oxygen atoms in total. The van der Waals surface area contributed by atoms with Crippen molar-refractivity contribution in [2.75, 3.05) is 4.90 Å². The molecule has 8 aromatic rings. The maximum atomic E-state index is 2.66. The molecule has 12 rings (SSSR count). The summed E-state index contributed by atoms with van der Waals surface area (Å²) in [4.78, 5) is 2.47. The van der Waals surface area contributed by atoms with Crippen LogP contribution in [0.4, 0.5) is 17.1 Å². The Morgan fingerprint density at radius 3 is 1.82 bits per heavy atom. The first kappa shape index (κ1) is 35.1. The van der Waals surface area contributed by atoms with Gasteiger partial charge in [0.25, 0.3) is 0 Å². The molecule has 0 saturated heterocycles. The summed E-state index contributed by atoms with van der Waals surface area (Å²) in [6, 6.07) is 57.2. The molecule has 0 amide bonds. The van der Waals surface area contributed by atoms with Gasteiger partial charge in [-0.1, -0.05) is 173 Å². The fraction of sp³-hybridized carbons (Fsp3) is 0.138. The minimum atomic E-state index is -0.117. The van der Waals surface area contributed by atoms with Gasteiger partial charge in [-0.15, -0.1) is 0 Å². The van der Waals surface area contributed by atoms with Gasteiger partial charge < -0.3 is 9.47 Å². The Balaban J connectivity index is 1.10. The lowest BCUT2D eigenvalue weighted by molar-refractivity contribution is 0.534. The molecular weight excluding hydrogens is 725 g/mol. The quantitative estimate of drug-likeness (QED) is 0.169. The molecule has 0 fully saturated rings. The van der Waals surface area contributed by atoms with Gasteiger partial charge in [0.15, 0.2) is 0 Å². The SMILES string of the molecule is CC1(C)c2ccccc2-c2ccc(N(c3ccc(-c4ccccc4)cc3)c3ccc4c5cc6c(cc5n(C5C=CC=C7C=CC=CC75)c4c3)C(C)(C)c3ccccc3-6)cc21. The van der Waals surface area contributed by atoms with Gasteiger partial charge in [0.05, 0.1) is 17.1 Å². The summed E-state index contributed by atoms with van der Waals surface area (Å²) in [7, 11) is 0. The first-order valence-corrected chi connectivity index (χ1v) is 21.4. The highest BCUT2D eigenvalue weighted by molar-refractivity contribution is 6.12. The van der Waals surface area contributed by atoms with Crippen molar-refractivity contribution in [3.63, 3.8) is 0 Å². The highest BCUT2D eigenvalue weighted by Gasteiger charge is 2.38. The van der Waals surface area contributed by atoms with Crippen LogP contribution in [0, 0.1) is 5.92 Å². The predicted molar refractivity (Wildman–Crippen MR) is 253 cm³/mol. The van der Waals surface area contributed by atoms with Crippen molar-refractivity contribution in [2.24, 2.45) is 5.92 Å². The summed E-state index contributed by atoms with van der Waals surface area (Å²) in [5, 5.41) is 2.59. The van der Waals surface area contributed by atoms with Gasteiger partial charge >= 0.3 is 0 Å². The Bertz CT molecular complexity index is 3200. The molecule has 0 bridgehead atoms. The van der Waals surface area contributed by atoms with Crippen LogP contribution in [0.2, 0.25) is 0 Å². The molecule has 2 atom stereocenters. The van der Waals surface area contributed by atoms with Gasteiger partial charge in [0.2, 0.25) is 0 Å². The van der Waals surface area contributed by atoms with E-state index < -0.39 is 0 Å². The van der Waals surface area contributed by atoms with E-state index in [1.54, 1.807) is 0 Å². The summed E-state index contributed by atoms with van der Waals surface area (Å²) >= 11 is 0. The molecule has 4 aliphatic rings. The van der Waals surface area contributed by atoms with Crippen molar-refractivity contribution in [1.29, 1.82) is 0 Å². The smallest absolute Gasteiger partial charge is 0.0629 e. The minimum absolute atomic E-state index is 0.1000. The average Bonchev–Trinajstić information content (AvgIpc) is 3.82. The molecular formula is C58H46N2. The Morgan fingerprint density at radius 1 is 0.450 bits per heavy atom. The van der Waals surface area contributed by atoms with Gasteiger partial charge in [-0.05, 0) is 110 Å². The predicted octanol–water partition coefficient (Wildman–Crippen LogP) is 15.3. The average molecular weight is 771 g/mol. The van der Waals surface area contributed by atoms with Crippen molar-refractivity contribution in [1.82, 2.24) is 4.57 Å². The maximum Gasteiger partial charge on any atom is 0.0629 e. The largest absolute Gasteiger partial charge is 0.332 e. The molecule has 1 heterocycles. The number of hydrogen-bond acceptors (Lipinski definition) is 1. The third-order valence-electron chi connectivity index (χ3n) is 14.2. The molecule has 1 aromatic heterocycles. The van der Waals surface area contributed by atoms with Crippen LogP contribution in [0.1, 0.15) is 56.0 Å². The molecule has 2 heteroatoms. The Kier molecular flexibility index (Phi) is 7.48. The van der Waals surface area contributed by atoms with Gasteiger partial charge in [-0.2, -0.15) is 0 Å². The fourth-order valence-electron chi connectivity index (χ4n) is 11.1. The molecule has 60 heavy (non-hydrogen) atoms. The van der Waals surface area contributed by atoms with Crippen molar-refractivity contribution in [2.45, 2.75) is 44.6 Å². The van der Waals surface area contributed by atoms with E-state index in [4.69, 9.17) is 0 Å². The second kappa shape index (κ2) is 12.8. The van der Waals surface area contributed by atoms with Crippen molar-refractivity contribution >= 4 is 38.9 Å². The third-order valence-corrected chi connectivity index (χ3v) is 14.2. The van der Waals surface area contributed by atoms with E-state index in [1.807, 2.05) is 0 Å². The number of anilines is 3. The second-order valence-electron chi connectivity index (χ2n) is 18.1. The number of nitrogens with zero attached hydrogens (tertiary/aromatic N) is 2. The van der Waals surface area contributed by atoms with E-state index in [0.717, 1.165) is 17.1 Å². The van der Waals surface area contributed by atoms with Crippen LogP contribution < -0.4 is 4.90 Å². The van der Waals surface area contributed by atoms with E-state index in [2.05, 4.69) is 231 Å². The summed E-state index contributed by atoms with van der Waals surface area (Å²) in [6.07, 6.45) is 16.0. The van der Waals surface area contributed by atoms with E-state index >= 15 is 0 Å². The zero-order valence-electron chi connectivity index (χ0n) is 34.5. The monoisotopic (exact) mass is 770 g/mol. The molecule has 288 valence electrons. The zero-order chi connectivity index (χ0) is 40.3. The third kappa shape index (κ3) is 5.00. The lowest BCUT2D eigenvalue weighted by Crippen LogP contribution is -2.21. The molecule has 4 aliphatic carbocycles. The number of hydrogen-bond donors (Lipinski definition) is 0. The maximum absolute atomic E-state index is 2.66. The molecule has 0 spiro atoms. The van der Waals surface area contributed by atoms with Crippen molar-refractivity contribution < 1.29 is 0 Å². The van der Waals surface area contributed by atoms with Crippen LogP contribution >= 0.6 is 0 Å². The molecule has 0 saturated carbocycles. The van der Waals surface area contributed by atoms with Gasteiger partial charge in [0.1, 0.15) is 0 Å². The standard InChI is InChI=1S/C58H46N2/c1-57(2)50-22-12-10-20-44(50)46-31-29-41(33-52(46)57)59(40-27-25-38(26-28-40)37-15-6-5-7-16-37)42-30-32-47-49-35-48-45-21-11-13-23-51(45)58(3,4)53(48)36-56(49)60(55(47)34-42)54-24-14-18-39-17-8-9-19-43(39)54/h5-36,43,54H,1-4H3. The lowest BCUT2D eigenvalue weighted by Gasteiger charge is -2.31. The lowest BCUT2D eigenvalue weighted by atomic mass is 9.82. The Morgan fingerprint density at radius 2 is 1.05 bits per heavy atom. The normalized spacial score (nSPS) is 18.5. The van der Waals surface area contributed by atoms with E-state index in [1.165, 1.54) is 83.0 Å². The van der Waals surface area contributed by atoms with Crippen LogP contribution in [-0.2, 0) is 10.8 Å². The van der Waals surface area contributed by atoms with Crippen LogP contribution in [0.3, 0.4) is 0 Å². The summed E-state index contributed by atoms with van der Waals surface area (Å²) < 4.78 is 2.66. The van der Waals surface area contributed by atoms with Crippen molar-refractivity contribution in [3.05, 3.63) is 222 Å². The summed E-state index contributed by atoms with van der Waals surface area (Å²) in [5.74, 6) is 0.239. The van der Waals surface area contributed by atoms with E-state index in [9.17, 15) is 0 Å². The minimum Gasteiger partial charge on any atom is -0.332 e. The number of fused-ring (bicyclic) bond motifs is 10. The number of aromatic nitrogens is 1. The van der Waals surface area contributed by atoms with E-state index in [-0.39, 0.29) is 22.8 Å². The van der Waals surface area contributed by atoms with Gasteiger partial charge in [-0.3, -0.25) is 0 Å². The number of allylic oxidation sites excluding steroid dienone is 8. The first-order chi connectivity index (χ1) is 29.3. The topological polar surface area (TPSA) is 8.17 Å². The zero-order valence-corrected chi connectivity index (χ0v) is 34.5. The van der Waals surface area contributed by atoms with Crippen molar-refractivity contribution in [3.8, 4) is 33.4 Å². The highest BCUT2D eigenvalue weighted by atomic mass is 15.1. The molecule has 0 aliphatic heterocycles. The summed E-state index contributed by atoms with van der Waals surface area (Å²) in [5.41, 5.74) is 20.5. The fourth-order valence-corrected chi connectivity index (χ4v) is 11.1. The summed E-state index contributed by atoms with van der Waals surface area (Å²) in [6.45, 7) is 9.53. The first-order valence-electron chi connectivity index (χ1n) is 21.4. The molecule has 0 N–H and O–H groups in total. The number of benzene rings is 7. The Labute approximate surface area is 352 Å². The van der Waals surface area contributed by atoms with E-state index in [0.29, 0.717) is 0 Å². The molecule has 2 unspecified atom stereocenters. The second-order valence-corrected chi connectivity index (χ2v) is 18.1. The molecule has 0 radical (unpaired) electrons. The van der Waals surface area contributed by atoms with Gasteiger partial charge in [-0.25, -0.2) is 0 Å². The number of rotatable bonds is 5. The van der Waals surface area contributed by atoms with Crippen LogP contribution in [0.5, 0.6) is 0 Å². The van der Waals surface area contributed by atoms with Crippen LogP contribution in [0.15, 0.2) is 200 Å². The van der Waals surface area contributed by atoms with Crippen LogP contribution in [0.25, 0.3) is 55.2 Å². The molecule has 7 aromatic carbocycles. The van der Waals surface area contributed by atoms with Crippen LogP contribution in [-0.4, -0.2) is 4.57 Å². The highest BCUT2D eigenvalue weighted by Crippen LogP contribution is 2.54.